The Labute approximate surface area is 299 Å². The van der Waals surface area contributed by atoms with E-state index < -0.39 is 0 Å². The van der Waals surface area contributed by atoms with Crippen LogP contribution in [0.25, 0.3) is 98.1 Å². The number of hydrogen-bond donors (Lipinski definition) is 0. The fourth-order valence-corrected chi connectivity index (χ4v) is 8.51. The predicted molar refractivity (Wildman–Crippen MR) is 215 cm³/mol. The molecule has 51 heavy (non-hydrogen) atoms. The van der Waals surface area contributed by atoms with Crippen LogP contribution >= 0.6 is 11.3 Å². The molecule has 0 radical (unpaired) electrons. The molecule has 10 aromatic rings. The predicted octanol–water partition coefficient (Wildman–Crippen LogP) is 12.9. The van der Waals surface area contributed by atoms with E-state index in [4.69, 9.17) is 15.0 Å². The molecule has 238 valence electrons. The van der Waals surface area contributed by atoms with E-state index in [-0.39, 0.29) is 0 Å². The first-order valence-corrected chi connectivity index (χ1v) is 17.9. The number of hydrogen-bond acceptors (Lipinski definition) is 4. The quantitative estimate of drug-likeness (QED) is 0.171. The molecule has 0 aliphatic heterocycles. The third-order valence-corrected chi connectivity index (χ3v) is 11.0. The lowest BCUT2D eigenvalue weighted by Gasteiger charge is -2.15. The SMILES string of the molecule is c1ccc(-c2ccc(-c3nc(-c4ccccc4-c4cc5ccccc5c5ccccc45)nc(-c4cccc5c4sc4ccccc45)n3)cc2)cc1. The average Bonchev–Trinajstić information content (AvgIpc) is 3.60. The van der Waals surface area contributed by atoms with Gasteiger partial charge in [0.25, 0.3) is 0 Å². The molecule has 4 heteroatoms. The van der Waals surface area contributed by atoms with Crippen LogP contribution in [0.1, 0.15) is 0 Å². The molecule has 0 atom stereocenters. The van der Waals surface area contributed by atoms with Crippen molar-refractivity contribution >= 4 is 53.1 Å². The summed E-state index contributed by atoms with van der Waals surface area (Å²) in [5, 5.41) is 7.34. The van der Waals surface area contributed by atoms with E-state index in [1.807, 2.05) is 6.07 Å². The Balaban J connectivity index is 1.21. The minimum Gasteiger partial charge on any atom is -0.208 e. The van der Waals surface area contributed by atoms with E-state index in [0.29, 0.717) is 17.5 Å². The maximum absolute atomic E-state index is 5.30. The average molecular weight is 668 g/mol. The Bertz CT molecular complexity index is 2910. The van der Waals surface area contributed by atoms with Gasteiger partial charge in [-0.25, -0.2) is 15.0 Å². The number of thiophene rings is 1. The number of fused-ring (bicyclic) bond motifs is 6. The molecule has 0 aliphatic carbocycles. The summed E-state index contributed by atoms with van der Waals surface area (Å²) >= 11 is 1.79. The highest BCUT2D eigenvalue weighted by atomic mass is 32.1. The maximum atomic E-state index is 5.30. The van der Waals surface area contributed by atoms with Crippen LogP contribution in [0.15, 0.2) is 176 Å². The zero-order valence-electron chi connectivity index (χ0n) is 27.5. The van der Waals surface area contributed by atoms with Gasteiger partial charge in [-0.05, 0) is 62.0 Å². The third kappa shape index (κ3) is 5.08. The zero-order chi connectivity index (χ0) is 33.7. The Morgan fingerprint density at radius 2 is 0.863 bits per heavy atom. The van der Waals surface area contributed by atoms with Gasteiger partial charge in [0.15, 0.2) is 17.5 Å². The van der Waals surface area contributed by atoms with Gasteiger partial charge in [-0.15, -0.1) is 11.3 Å². The summed E-state index contributed by atoms with van der Waals surface area (Å²) in [6, 6.07) is 62.1. The van der Waals surface area contributed by atoms with Crippen LogP contribution < -0.4 is 0 Å². The van der Waals surface area contributed by atoms with Crippen LogP contribution in [-0.4, -0.2) is 15.0 Å². The second-order valence-corrected chi connectivity index (χ2v) is 13.8. The van der Waals surface area contributed by atoms with Gasteiger partial charge >= 0.3 is 0 Å². The molecule has 3 nitrogen and oxygen atoms in total. The van der Waals surface area contributed by atoms with Gasteiger partial charge in [-0.2, -0.15) is 0 Å². The molecular weight excluding hydrogens is 639 g/mol. The standard InChI is InChI=1S/C47H29N3S/c1-2-13-30(14-3-1)31-25-27-32(28-26-31)45-48-46(50-47(49-45)41-23-12-22-39-38-20-10-11-24-43(38)51-44(39)41)40-21-9-8-19-37(40)42-29-33-15-4-5-16-34(33)35-17-6-7-18-36(35)42/h1-29H. The third-order valence-electron chi connectivity index (χ3n) is 9.76. The Morgan fingerprint density at radius 3 is 1.69 bits per heavy atom. The van der Waals surface area contributed by atoms with E-state index in [0.717, 1.165) is 33.4 Å². The van der Waals surface area contributed by atoms with Crippen molar-refractivity contribution in [1.29, 1.82) is 0 Å². The van der Waals surface area contributed by atoms with E-state index in [1.54, 1.807) is 11.3 Å². The van der Waals surface area contributed by atoms with Crippen LogP contribution in [0.5, 0.6) is 0 Å². The lowest BCUT2D eigenvalue weighted by atomic mass is 9.91. The summed E-state index contributed by atoms with van der Waals surface area (Å²) in [4.78, 5) is 15.7. The fourth-order valence-electron chi connectivity index (χ4n) is 7.30. The molecule has 0 N–H and O–H groups in total. The van der Waals surface area contributed by atoms with Crippen LogP contribution in [0.4, 0.5) is 0 Å². The van der Waals surface area contributed by atoms with Crippen molar-refractivity contribution in [2.24, 2.45) is 0 Å². The number of benzene rings is 8. The molecule has 10 rings (SSSR count). The molecule has 0 saturated carbocycles. The van der Waals surface area contributed by atoms with E-state index in [9.17, 15) is 0 Å². The van der Waals surface area contributed by atoms with Crippen LogP contribution in [-0.2, 0) is 0 Å². The van der Waals surface area contributed by atoms with Gasteiger partial charge in [0.2, 0.25) is 0 Å². The largest absolute Gasteiger partial charge is 0.208 e. The highest BCUT2D eigenvalue weighted by molar-refractivity contribution is 7.26. The van der Waals surface area contributed by atoms with Crippen molar-refractivity contribution < 1.29 is 0 Å². The zero-order valence-corrected chi connectivity index (χ0v) is 28.3. The van der Waals surface area contributed by atoms with Gasteiger partial charge < -0.3 is 0 Å². The van der Waals surface area contributed by atoms with Crippen LogP contribution in [0.3, 0.4) is 0 Å². The topological polar surface area (TPSA) is 38.7 Å². The van der Waals surface area contributed by atoms with Gasteiger partial charge in [-0.3, -0.25) is 0 Å². The normalized spacial score (nSPS) is 11.5. The number of rotatable bonds is 5. The first kappa shape index (κ1) is 29.4. The summed E-state index contributed by atoms with van der Waals surface area (Å²) in [5.41, 5.74) is 7.48. The van der Waals surface area contributed by atoms with Gasteiger partial charge in [0, 0.05) is 36.9 Å². The Kier molecular flexibility index (Phi) is 7.00. The molecule has 2 aromatic heterocycles. The highest BCUT2D eigenvalue weighted by Crippen LogP contribution is 2.42. The summed E-state index contributed by atoms with van der Waals surface area (Å²) in [6.07, 6.45) is 0. The molecule has 2 heterocycles. The van der Waals surface area contributed by atoms with Crippen molar-refractivity contribution in [2.45, 2.75) is 0 Å². The second-order valence-electron chi connectivity index (χ2n) is 12.8. The molecule has 0 aliphatic rings. The molecule has 0 bridgehead atoms. The van der Waals surface area contributed by atoms with Crippen molar-refractivity contribution in [3.05, 3.63) is 176 Å². The summed E-state index contributed by atoms with van der Waals surface area (Å²) in [5.74, 6) is 1.96. The lowest BCUT2D eigenvalue weighted by Crippen LogP contribution is -2.01. The molecule has 0 fully saturated rings. The molecule has 0 amide bonds. The van der Waals surface area contributed by atoms with Gasteiger partial charge in [0.05, 0.1) is 0 Å². The van der Waals surface area contributed by atoms with Crippen LogP contribution in [0.2, 0.25) is 0 Å². The lowest BCUT2D eigenvalue weighted by molar-refractivity contribution is 1.08. The molecular formula is C47H29N3S. The van der Waals surface area contributed by atoms with Crippen LogP contribution in [0, 0.1) is 0 Å². The smallest absolute Gasteiger partial charge is 0.165 e. The molecule has 8 aromatic carbocycles. The van der Waals surface area contributed by atoms with E-state index in [2.05, 4.69) is 170 Å². The minimum absolute atomic E-state index is 0.644. The Morgan fingerprint density at radius 1 is 0.314 bits per heavy atom. The van der Waals surface area contributed by atoms with E-state index in [1.165, 1.54) is 47.3 Å². The van der Waals surface area contributed by atoms with Gasteiger partial charge in [0.1, 0.15) is 0 Å². The van der Waals surface area contributed by atoms with Crippen molar-refractivity contribution in [3.63, 3.8) is 0 Å². The Hall–Kier alpha value is -6.49. The van der Waals surface area contributed by atoms with E-state index >= 15 is 0 Å². The fraction of sp³-hybridized carbons (Fsp3) is 0. The highest BCUT2D eigenvalue weighted by Gasteiger charge is 2.19. The monoisotopic (exact) mass is 667 g/mol. The number of aromatic nitrogens is 3. The first-order chi connectivity index (χ1) is 25.3. The van der Waals surface area contributed by atoms with Crippen molar-refractivity contribution in [1.82, 2.24) is 15.0 Å². The summed E-state index contributed by atoms with van der Waals surface area (Å²) in [6.45, 7) is 0. The van der Waals surface area contributed by atoms with Crippen molar-refractivity contribution in [3.8, 4) is 56.4 Å². The first-order valence-electron chi connectivity index (χ1n) is 17.1. The summed E-state index contributed by atoms with van der Waals surface area (Å²) in [7, 11) is 0. The summed E-state index contributed by atoms with van der Waals surface area (Å²) < 4.78 is 2.43. The number of nitrogens with zero attached hydrogens (tertiary/aromatic N) is 3. The molecule has 0 unspecified atom stereocenters. The second kappa shape index (κ2) is 12.1. The maximum Gasteiger partial charge on any atom is 0.165 e. The molecule has 0 saturated heterocycles. The van der Waals surface area contributed by atoms with Gasteiger partial charge in [-0.1, -0.05) is 158 Å². The van der Waals surface area contributed by atoms with Crippen molar-refractivity contribution in [2.75, 3.05) is 0 Å². The minimum atomic E-state index is 0.644. The molecule has 0 spiro atoms.